The summed E-state index contributed by atoms with van der Waals surface area (Å²) in [6, 6.07) is 22.5. The van der Waals surface area contributed by atoms with E-state index in [4.69, 9.17) is 13.6 Å². The summed E-state index contributed by atoms with van der Waals surface area (Å²) < 4.78 is 17.4. The largest absolute Gasteiger partial charge is 0.530 e. The molecule has 0 atom stereocenters. The van der Waals surface area contributed by atoms with Gasteiger partial charge in [-0.2, -0.15) is 0 Å². The van der Waals surface area contributed by atoms with E-state index in [2.05, 4.69) is 0 Å². The number of para-hydroxylation sites is 1. The summed E-state index contributed by atoms with van der Waals surface area (Å²) in [5.41, 5.74) is 1.10. The molecule has 130 valence electrons. The molecular weight excluding hydrogens is 351 g/mol. The van der Waals surface area contributed by atoms with Gasteiger partial charge < -0.3 is 13.6 Å². The Bertz CT molecular complexity index is 794. The van der Waals surface area contributed by atoms with Gasteiger partial charge in [0, 0.05) is 11.1 Å². The molecule has 3 aromatic rings. The molecule has 6 heteroatoms. The maximum absolute atomic E-state index is 10.8. The molecule has 0 heterocycles. The van der Waals surface area contributed by atoms with E-state index in [1.165, 1.54) is 0 Å². The van der Waals surface area contributed by atoms with Crippen LogP contribution in [0.5, 0.6) is 17.2 Å². The standard InChI is InChI=1S/C20H15O5P/c21-14-16-6-10-19(11-7-16)24-26(23-18-4-2-1-3-5-18)25-20-12-8-17(15-22)9-13-20/h1-15H. The lowest BCUT2D eigenvalue weighted by molar-refractivity contribution is 0.111. The fourth-order valence-electron chi connectivity index (χ4n) is 2.01. The molecule has 0 aliphatic rings. The van der Waals surface area contributed by atoms with Crippen LogP contribution in [0, 0.1) is 0 Å². The molecule has 3 aromatic carbocycles. The molecule has 0 saturated heterocycles. The fraction of sp³-hybridized carbons (Fsp3) is 0. The van der Waals surface area contributed by atoms with E-state index in [1.54, 1.807) is 60.7 Å². The van der Waals surface area contributed by atoms with E-state index < -0.39 is 8.60 Å². The van der Waals surface area contributed by atoms with Crippen molar-refractivity contribution in [2.75, 3.05) is 0 Å². The summed E-state index contributed by atoms with van der Waals surface area (Å²) >= 11 is 0. The summed E-state index contributed by atoms with van der Waals surface area (Å²) in [7, 11) is -1.79. The average Bonchev–Trinajstić information content (AvgIpc) is 2.70. The number of rotatable bonds is 8. The monoisotopic (exact) mass is 366 g/mol. The molecule has 0 N–H and O–H groups in total. The van der Waals surface area contributed by atoms with Gasteiger partial charge in [-0.05, 0) is 60.7 Å². The number of carbonyl (C=O) groups excluding carboxylic acids is 2. The second-order valence-corrected chi connectivity index (χ2v) is 6.18. The minimum atomic E-state index is -1.79. The molecule has 3 rings (SSSR count). The minimum absolute atomic E-state index is 0.516. The van der Waals surface area contributed by atoms with E-state index in [1.807, 2.05) is 18.2 Å². The molecule has 0 amide bonds. The third-order valence-corrected chi connectivity index (χ3v) is 4.40. The molecule has 26 heavy (non-hydrogen) atoms. The van der Waals surface area contributed by atoms with Crippen molar-refractivity contribution in [3.05, 3.63) is 90.0 Å². The Morgan fingerprint density at radius 1 is 0.538 bits per heavy atom. The van der Waals surface area contributed by atoms with Crippen LogP contribution < -0.4 is 13.6 Å². The first-order chi connectivity index (χ1) is 12.8. The Labute approximate surface area is 152 Å². The number of benzene rings is 3. The van der Waals surface area contributed by atoms with Crippen molar-refractivity contribution in [2.24, 2.45) is 0 Å². The summed E-state index contributed by atoms with van der Waals surface area (Å²) in [5, 5.41) is 0. The molecule has 0 unspecified atom stereocenters. The van der Waals surface area contributed by atoms with Crippen LogP contribution in [0.4, 0.5) is 0 Å². The minimum Gasteiger partial charge on any atom is -0.409 e. The van der Waals surface area contributed by atoms with Gasteiger partial charge in [0.05, 0.1) is 0 Å². The normalized spacial score (nSPS) is 10.2. The van der Waals surface area contributed by atoms with Gasteiger partial charge in [-0.3, -0.25) is 9.59 Å². The Hall–Kier alpha value is -3.17. The van der Waals surface area contributed by atoms with E-state index in [-0.39, 0.29) is 0 Å². The lowest BCUT2D eigenvalue weighted by atomic mass is 10.2. The van der Waals surface area contributed by atoms with Crippen molar-refractivity contribution in [1.82, 2.24) is 0 Å². The molecule has 0 fully saturated rings. The Morgan fingerprint density at radius 2 is 0.923 bits per heavy atom. The molecule has 0 aliphatic carbocycles. The van der Waals surface area contributed by atoms with Crippen LogP contribution >= 0.6 is 8.60 Å². The average molecular weight is 366 g/mol. The van der Waals surface area contributed by atoms with E-state index >= 15 is 0 Å². The lowest BCUT2D eigenvalue weighted by Crippen LogP contribution is -2.02. The van der Waals surface area contributed by atoms with Crippen LogP contribution in [0.15, 0.2) is 78.9 Å². The highest BCUT2D eigenvalue weighted by Crippen LogP contribution is 2.42. The molecule has 0 bridgehead atoms. The van der Waals surface area contributed by atoms with Crippen LogP contribution in [-0.2, 0) is 0 Å². The van der Waals surface area contributed by atoms with Gasteiger partial charge in [0.1, 0.15) is 29.8 Å². The van der Waals surface area contributed by atoms with E-state index in [0.717, 1.165) is 12.6 Å². The van der Waals surface area contributed by atoms with Crippen LogP contribution in [0.2, 0.25) is 0 Å². The Morgan fingerprint density at radius 3 is 1.31 bits per heavy atom. The SMILES string of the molecule is O=Cc1ccc(OP(Oc2ccccc2)Oc2ccc(C=O)cc2)cc1. The second kappa shape index (κ2) is 8.79. The highest BCUT2D eigenvalue weighted by molar-refractivity contribution is 7.43. The topological polar surface area (TPSA) is 61.8 Å². The zero-order valence-corrected chi connectivity index (χ0v) is 14.5. The summed E-state index contributed by atoms with van der Waals surface area (Å²) in [4.78, 5) is 21.5. The fourth-order valence-corrected chi connectivity index (χ4v) is 3.00. The van der Waals surface area contributed by atoms with Crippen molar-refractivity contribution in [3.63, 3.8) is 0 Å². The summed E-state index contributed by atoms with van der Waals surface area (Å²) in [5.74, 6) is 1.64. The molecule has 0 aromatic heterocycles. The van der Waals surface area contributed by atoms with Gasteiger partial charge in [-0.25, -0.2) is 0 Å². The number of aldehydes is 2. The Balaban J connectivity index is 1.77. The first-order valence-electron chi connectivity index (χ1n) is 7.76. The van der Waals surface area contributed by atoms with E-state index in [9.17, 15) is 9.59 Å². The first kappa shape index (κ1) is 17.6. The molecule has 0 spiro atoms. The number of hydrogen-bond donors (Lipinski definition) is 0. The predicted molar refractivity (Wildman–Crippen MR) is 98.9 cm³/mol. The van der Waals surface area contributed by atoms with Crippen molar-refractivity contribution in [1.29, 1.82) is 0 Å². The van der Waals surface area contributed by atoms with Crippen molar-refractivity contribution < 1.29 is 23.2 Å². The highest BCUT2D eigenvalue weighted by Gasteiger charge is 2.19. The predicted octanol–water partition coefficient (Wildman–Crippen LogP) is 5.08. The van der Waals surface area contributed by atoms with Gasteiger partial charge >= 0.3 is 8.60 Å². The van der Waals surface area contributed by atoms with Crippen LogP contribution in [0.1, 0.15) is 20.7 Å². The third kappa shape index (κ3) is 4.91. The zero-order chi connectivity index (χ0) is 18.2. The molecule has 0 radical (unpaired) electrons. The van der Waals surface area contributed by atoms with E-state index in [0.29, 0.717) is 28.4 Å². The molecule has 5 nitrogen and oxygen atoms in total. The maximum atomic E-state index is 10.8. The summed E-state index contributed by atoms with van der Waals surface area (Å²) in [6.07, 6.45) is 1.52. The van der Waals surface area contributed by atoms with Crippen LogP contribution in [0.3, 0.4) is 0 Å². The first-order valence-corrected chi connectivity index (χ1v) is 8.86. The van der Waals surface area contributed by atoms with Crippen LogP contribution in [0.25, 0.3) is 0 Å². The third-order valence-electron chi connectivity index (χ3n) is 3.32. The molecule has 0 aliphatic heterocycles. The summed E-state index contributed by atoms with van der Waals surface area (Å²) in [6.45, 7) is 0. The zero-order valence-electron chi connectivity index (χ0n) is 13.6. The number of hydrogen-bond acceptors (Lipinski definition) is 5. The molecule has 0 saturated carbocycles. The smallest absolute Gasteiger partial charge is 0.409 e. The van der Waals surface area contributed by atoms with Gasteiger partial charge in [0.15, 0.2) is 0 Å². The van der Waals surface area contributed by atoms with Gasteiger partial charge in [-0.15, -0.1) is 0 Å². The van der Waals surface area contributed by atoms with Crippen molar-refractivity contribution in [3.8, 4) is 17.2 Å². The van der Waals surface area contributed by atoms with Crippen molar-refractivity contribution >= 4 is 21.2 Å². The molecular formula is C20H15O5P. The maximum Gasteiger partial charge on any atom is 0.530 e. The Kier molecular flexibility index (Phi) is 5.96. The highest BCUT2D eigenvalue weighted by atomic mass is 31.2. The quantitative estimate of drug-likeness (QED) is 0.411. The second-order valence-electron chi connectivity index (χ2n) is 5.18. The van der Waals surface area contributed by atoms with Gasteiger partial charge in [0.2, 0.25) is 0 Å². The van der Waals surface area contributed by atoms with Crippen LogP contribution in [-0.4, -0.2) is 12.6 Å². The van der Waals surface area contributed by atoms with Gasteiger partial charge in [0.25, 0.3) is 0 Å². The van der Waals surface area contributed by atoms with Crippen molar-refractivity contribution in [2.45, 2.75) is 0 Å². The number of carbonyl (C=O) groups is 2. The van der Waals surface area contributed by atoms with Gasteiger partial charge in [-0.1, -0.05) is 18.2 Å². The lowest BCUT2D eigenvalue weighted by Gasteiger charge is -2.18.